The van der Waals surface area contributed by atoms with Gasteiger partial charge in [0.2, 0.25) is 11.8 Å². The molecule has 0 saturated heterocycles. The first-order valence-corrected chi connectivity index (χ1v) is 10.9. The molecule has 0 radical (unpaired) electrons. The van der Waals surface area contributed by atoms with Crippen molar-refractivity contribution < 1.29 is 29.0 Å². The number of hydrogen-bond acceptors (Lipinski definition) is 5. The molecule has 0 aromatic heterocycles. The Kier molecular flexibility index (Phi) is 9.15. The van der Waals surface area contributed by atoms with Gasteiger partial charge in [0.05, 0.1) is 26.2 Å². The standard InChI is InChI=1S/C23H34N2O6/c1-4-30-18-10-8-9-17-15-25(20(27)13-23(2,3)14-21(28)29)16-19(26)24-11-6-5-7-12-31-22(17)18/h8-10H,4-7,11-16H2,1-3H3,(H,24,26)(H,28,29). The van der Waals surface area contributed by atoms with E-state index in [1.54, 1.807) is 13.8 Å². The van der Waals surface area contributed by atoms with Crippen molar-refractivity contribution in [1.29, 1.82) is 0 Å². The Morgan fingerprint density at radius 1 is 1.19 bits per heavy atom. The molecular formula is C23H34N2O6. The molecule has 8 heteroatoms. The van der Waals surface area contributed by atoms with E-state index in [-0.39, 0.29) is 37.7 Å². The summed E-state index contributed by atoms with van der Waals surface area (Å²) < 4.78 is 11.8. The van der Waals surface area contributed by atoms with Gasteiger partial charge in [-0.2, -0.15) is 0 Å². The fraction of sp³-hybridized carbons (Fsp3) is 0.609. The van der Waals surface area contributed by atoms with Crippen LogP contribution >= 0.6 is 0 Å². The minimum atomic E-state index is -0.958. The van der Waals surface area contributed by atoms with E-state index in [0.29, 0.717) is 31.3 Å². The Morgan fingerprint density at radius 3 is 2.68 bits per heavy atom. The van der Waals surface area contributed by atoms with Crippen LogP contribution in [-0.2, 0) is 20.9 Å². The largest absolute Gasteiger partial charge is 0.490 e. The number of aliphatic carboxylic acids is 1. The second kappa shape index (κ2) is 11.6. The van der Waals surface area contributed by atoms with Crippen molar-refractivity contribution in [2.45, 2.75) is 59.4 Å². The van der Waals surface area contributed by atoms with Crippen LogP contribution in [0, 0.1) is 5.41 Å². The van der Waals surface area contributed by atoms with Crippen LogP contribution in [-0.4, -0.2) is 54.1 Å². The third-order valence-electron chi connectivity index (χ3n) is 5.06. The van der Waals surface area contributed by atoms with Gasteiger partial charge in [-0.3, -0.25) is 14.4 Å². The number of carbonyl (C=O) groups excluding carboxylic acids is 2. The number of amides is 2. The third-order valence-corrected chi connectivity index (χ3v) is 5.06. The Balaban J connectivity index is 2.33. The van der Waals surface area contributed by atoms with Crippen LogP contribution in [0.3, 0.4) is 0 Å². The number of carboxylic acids is 1. The van der Waals surface area contributed by atoms with Gasteiger partial charge in [-0.1, -0.05) is 26.0 Å². The number of carboxylic acid groups (broad SMARTS) is 1. The van der Waals surface area contributed by atoms with Gasteiger partial charge in [0.25, 0.3) is 0 Å². The van der Waals surface area contributed by atoms with Gasteiger partial charge in [-0.05, 0) is 37.7 Å². The molecule has 172 valence electrons. The van der Waals surface area contributed by atoms with Crippen molar-refractivity contribution in [1.82, 2.24) is 10.2 Å². The zero-order chi connectivity index (χ0) is 22.9. The van der Waals surface area contributed by atoms with Gasteiger partial charge in [-0.15, -0.1) is 0 Å². The molecule has 0 saturated carbocycles. The second-order valence-electron chi connectivity index (χ2n) is 8.60. The van der Waals surface area contributed by atoms with Crippen LogP contribution in [0.25, 0.3) is 0 Å². The summed E-state index contributed by atoms with van der Waals surface area (Å²) in [7, 11) is 0. The molecule has 2 amide bonds. The number of fused-ring (bicyclic) bond motifs is 1. The molecule has 1 heterocycles. The first-order chi connectivity index (χ1) is 14.7. The number of nitrogens with one attached hydrogen (secondary N) is 1. The SMILES string of the molecule is CCOc1cccc2c1OCCCCCNC(=O)CN(C(=O)CC(C)(C)CC(=O)O)C2. The lowest BCUT2D eigenvalue weighted by Gasteiger charge is -2.28. The third kappa shape index (κ3) is 8.11. The lowest BCUT2D eigenvalue weighted by Crippen LogP contribution is -2.42. The molecular weight excluding hydrogens is 400 g/mol. The molecule has 1 aliphatic rings. The number of ether oxygens (including phenoxy) is 2. The molecule has 8 nitrogen and oxygen atoms in total. The summed E-state index contributed by atoms with van der Waals surface area (Å²) in [6.45, 7) is 6.99. The summed E-state index contributed by atoms with van der Waals surface area (Å²) in [5.41, 5.74) is 0.0231. The molecule has 0 spiro atoms. The van der Waals surface area contributed by atoms with Crippen LogP contribution in [0.2, 0.25) is 0 Å². The lowest BCUT2D eigenvalue weighted by molar-refractivity contribution is -0.142. The number of hydrogen-bond donors (Lipinski definition) is 2. The summed E-state index contributed by atoms with van der Waals surface area (Å²) >= 11 is 0. The molecule has 31 heavy (non-hydrogen) atoms. The van der Waals surface area contributed by atoms with Crippen molar-refractivity contribution in [3.05, 3.63) is 23.8 Å². The van der Waals surface area contributed by atoms with Gasteiger partial charge in [0.1, 0.15) is 0 Å². The van der Waals surface area contributed by atoms with Gasteiger partial charge < -0.3 is 24.8 Å². The van der Waals surface area contributed by atoms with E-state index in [4.69, 9.17) is 14.6 Å². The molecule has 0 aliphatic carbocycles. The van der Waals surface area contributed by atoms with E-state index >= 15 is 0 Å². The fourth-order valence-electron chi connectivity index (χ4n) is 3.58. The lowest BCUT2D eigenvalue weighted by atomic mass is 9.85. The van der Waals surface area contributed by atoms with E-state index in [1.807, 2.05) is 25.1 Å². The average molecular weight is 435 g/mol. The van der Waals surface area contributed by atoms with Crippen LogP contribution in [0.1, 0.15) is 58.4 Å². The van der Waals surface area contributed by atoms with Crippen molar-refractivity contribution in [2.75, 3.05) is 26.3 Å². The average Bonchev–Trinajstić information content (AvgIpc) is 2.68. The maximum absolute atomic E-state index is 13.1. The summed E-state index contributed by atoms with van der Waals surface area (Å²) in [5.74, 6) is -0.263. The van der Waals surface area contributed by atoms with Crippen LogP contribution in [0.5, 0.6) is 11.5 Å². The normalized spacial score (nSPS) is 16.0. The summed E-state index contributed by atoms with van der Waals surface area (Å²) in [6.07, 6.45) is 2.48. The number of para-hydroxylation sites is 1. The first-order valence-electron chi connectivity index (χ1n) is 10.9. The first kappa shape index (κ1) is 24.5. The molecule has 1 aromatic carbocycles. The highest BCUT2D eigenvalue weighted by molar-refractivity contribution is 5.85. The predicted octanol–water partition coefficient (Wildman–Crippen LogP) is 2.98. The summed E-state index contributed by atoms with van der Waals surface area (Å²) in [6, 6.07) is 5.52. The van der Waals surface area contributed by atoms with E-state index in [0.717, 1.165) is 24.8 Å². The quantitative estimate of drug-likeness (QED) is 0.713. The summed E-state index contributed by atoms with van der Waals surface area (Å²) in [5, 5.41) is 12.0. The zero-order valence-electron chi connectivity index (χ0n) is 18.7. The topological polar surface area (TPSA) is 105 Å². The Bertz CT molecular complexity index is 777. The van der Waals surface area contributed by atoms with Crippen molar-refractivity contribution in [2.24, 2.45) is 5.41 Å². The molecule has 2 N–H and O–H groups in total. The highest BCUT2D eigenvalue weighted by Crippen LogP contribution is 2.33. The maximum Gasteiger partial charge on any atom is 0.303 e. The van der Waals surface area contributed by atoms with Gasteiger partial charge in [0.15, 0.2) is 11.5 Å². The zero-order valence-corrected chi connectivity index (χ0v) is 18.7. The van der Waals surface area contributed by atoms with E-state index < -0.39 is 11.4 Å². The van der Waals surface area contributed by atoms with Crippen molar-refractivity contribution in [3.63, 3.8) is 0 Å². The van der Waals surface area contributed by atoms with Gasteiger partial charge >= 0.3 is 5.97 Å². The smallest absolute Gasteiger partial charge is 0.303 e. The van der Waals surface area contributed by atoms with Crippen LogP contribution in [0.15, 0.2) is 18.2 Å². The molecule has 2 rings (SSSR count). The highest BCUT2D eigenvalue weighted by Gasteiger charge is 2.29. The predicted molar refractivity (Wildman–Crippen MR) is 116 cm³/mol. The fourth-order valence-corrected chi connectivity index (χ4v) is 3.58. The Morgan fingerprint density at radius 2 is 1.97 bits per heavy atom. The van der Waals surface area contributed by atoms with Crippen LogP contribution in [0.4, 0.5) is 0 Å². The highest BCUT2D eigenvalue weighted by atomic mass is 16.5. The van der Waals surface area contributed by atoms with Gasteiger partial charge in [-0.25, -0.2) is 0 Å². The molecule has 1 aliphatic heterocycles. The number of carbonyl (C=O) groups is 3. The summed E-state index contributed by atoms with van der Waals surface area (Å²) in [4.78, 5) is 38.2. The van der Waals surface area contributed by atoms with Crippen molar-refractivity contribution in [3.8, 4) is 11.5 Å². The number of nitrogens with zero attached hydrogens (tertiary/aromatic N) is 1. The maximum atomic E-state index is 13.1. The molecule has 0 atom stereocenters. The minimum Gasteiger partial charge on any atom is -0.490 e. The number of benzene rings is 1. The number of rotatable bonds is 6. The second-order valence-corrected chi connectivity index (χ2v) is 8.60. The van der Waals surface area contributed by atoms with Crippen LogP contribution < -0.4 is 14.8 Å². The monoisotopic (exact) mass is 434 g/mol. The van der Waals surface area contributed by atoms with E-state index in [2.05, 4.69) is 5.32 Å². The molecule has 0 fully saturated rings. The minimum absolute atomic E-state index is 0.0217. The molecule has 0 bridgehead atoms. The van der Waals surface area contributed by atoms with Crippen molar-refractivity contribution >= 4 is 17.8 Å². The molecule has 1 aromatic rings. The Hall–Kier alpha value is -2.77. The van der Waals surface area contributed by atoms with E-state index in [9.17, 15) is 14.4 Å². The van der Waals surface area contributed by atoms with Gasteiger partial charge in [0, 0.05) is 25.1 Å². The molecule has 0 unspecified atom stereocenters. The van der Waals surface area contributed by atoms with E-state index in [1.165, 1.54) is 4.90 Å². The Labute approximate surface area is 183 Å².